The molecule has 16 heavy (non-hydrogen) atoms. The van der Waals surface area contributed by atoms with Crippen molar-refractivity contribution in [1.82, 2.24) is 15.0 Å². The van der Waals surface area contributed by atoms with E-state index >= 15 is 0 Å². The van der Waals surface area contributed by atoms with E-state index in [2.05, 4.69) is 30.9 Å². The highest BCUT2D eigenvalue weighted by molar-refractivity contribution is 9.10. The summed E-state index contributed by atoms with van der Waals surface area (Å²) >= 11 is 9.20. The molecule has 2 aromatic rings. The minimum atomic E-state index is 0.0913. The van der Waals surface area contributed by atoms with Crippen molar-refractivity contribution in [2.75, 3.05) is 11.5 Å². The highest BCUT2D eigenvalue weighted by Crippen LogP contribution is 2.27. The summed E-state index contributed by atoms with van der Waals surface area (Å²) in [4.78, 5) is 11.7. The molecule has 0 atom stereocenters. The predicted molar refractivity (Wildman–Crippen MR) is 66.8 cm³/mol. The molecular formula is C9H7BrClN5. The Morgan fingerprint density at radius 3 is 2.25 bits per heavy atom. The van der Waals surface area contributed by atoms with E-state index in [9.17, 15) is 0 Å². The quantitative estimate of drug-likeness (QED) is 0.842. The topological polar surface area (TPSA) is 90.7 Å². The Kier molecular flexibility index (Phi) is 2.93. The molecule has 0 aliphatic heterocycles. The van der Waals surface area contributed by atoms with E-state index in [1.54, 1.807) is 18.2 Å². The molecule has 0 saturated carbocycles. The lowest BCUT2D eigenvalue weighted by atomic mass is 10.2. The molecule has 1 aromatic heterocycles. The zero-order chi connectivity index (χ0) is 11.7. The van der Waals surface area contributed by atoms with E-state index < -0.39 is 0 Å². The van der Waals surface area contributed by atoms with Gasteiger partial charge in [0.25, 0.3) is 0 Å². The van der Waals surface area contributed by atoms with Gasteiger partial charge in [0, 0.05) is 10.0 Å². The third-order valence-electron chi connectivity index (χ3n) is 1.85. The number of nitrogen functional groups attached to an aromatic ring is 2. The fraction of sp³-hybridized carbons (Fsp3) is 0. The van der Waals surface area contributed by atoms with E-state index in [4.69, 9.17) is 23.1 Å². The van der Waals surface area contributed by atoms with Crippen molar-refractivity contribution < 1.29 is 0 Å². The van der Waals surface area contributed by atoms with Crippen LogP contribution in [-0.4, -0.2) is 15.0 Å². The van der Waals surface area contributed by atoms with Crippen LogP contribution >= 0.6 is 27.5 Å². The molecular weight excluding hydrogens is 293 g/mol. The van der Waals surface area contributed by atoms with Crippen molar-refractivity contribution in [3.63, 3.8) is 0 Å². The summed E-state index contributed by atoms with van der Waals surface area (Å²) in [6.45, 7) is 0. The molecule has 5 nitrogen and oxygen atoms in total. The van der Waals surface area contributed by atoms with E-state index in [-0.39, 0.29) is 11.9 Å². The van der Waals surface area contributed by atoms with E-state index in [0.717, 1.165) is 10.0 Å². The number of rotatable bonds is 1. The fourth-order valence-corrected chi connectivity index (χ4v) is 1.67. The van der Waals surface area contributed by atoms with Gasteiger partial charge in [0.15, 0.2) is 5.82 Å². The monoisotopic (exact) mass is 299 g/mol. The molecule has 82 valence electrons. The summed E-state index contributed by atoms with van der Waals surface area (Å²) in [6.07, 6.45) is 0. The first-order valence-electron chi connectivity index (χ1n) is 4.28. The number of hydrogen-bond acceptors (Lipinski definition) is 5. The lowest BCUT2D eigenvalue weighted by Crippen LogP contribution is -2.04. The number of halogens is 2. The minimum Gasteiger partial charge on any atom is -0.368 e. The summed E-state index contributed by atoms with van der Waals surface area (Å²) in [7, 11) is 0. The van der Waals surface area contributed by atoms with Gasteiger partial charge in [0.2, 0.25) is 11.9 Å². The summed E-state index contributed by atoms with van der Waals surface area (Å²) in [5, 5.41) is 0.610. The second-order valence-corrected chi connectivity index (χ2v) is 4.27. The fourth-order valence-electron chi connectivity index (χ4n) is 1.17. The first-order chi connectivity index (χ1) is 7.56. The van der Waals surface area contributed by atoms with Crippen LogP contribution in [0, 0.1) is 0 Å². The Hall–Kier alpha value is -1.40. The number of anilines is 2. The van der Waals surface area contributed by atoms with Gasteiger partial charge in [-0.05, 0) is 34.1 Å². The minimum absolute atomic E-state index is 0.0913. The van der Waals surface area contributed by atoms with E-state index in [1.807, 2.05) is 0 Å². The van der Waals surface area contributed by atoms with E-state index in [1.165, 1.54) is 0 Å². The van der Waals surface area contributed by atoms with Gasteiger partial charge < -0.3 is 11.5 Å². The molecule has 0 aliphatic rings. The second kappa shape index (κ2) is 4.23. The Labute approximate surface area is 105 Å². The maximum absolute atomic E-state index is 5.88. The SMILES string of the molecule is Nc1nc(N)nc(-c2ccc(Cl)c(Br)c2)n1. The van der Waals surface area contributed by atoms with Crippen LogP contribution in [0.5, 0.6) is 0 Å². The van der Waals surface area contributed by atoms with Gasteiger partial charge in [-0.1, -0.05) is 11.6 Å². The summed E-state index contributed by atoms with van der Waals surface area (Å²) in [5.41, 5.74) is 11.7. The van der Waals surface area contributed by atoms with Gasteiger partial charge in [0.1, 0.15) is 0 Å². The van der Waals surface area contributed by atoms with Gasteiger partial charge in [-0.15, -0.1) is 0 Å². The average molecular weight is 301 g/mol. The molecule has 0 saturated heterocycles. The molecule has 2 rings (SSSR count). The second-order valence-electron chi connectivity index (χ2n) is 3.00. The van der Waals surface area contributed by atoms with Crippen molar-refractivity contribution in [3.8, 4) is 11.4 Å². The lowest BCUT2D eigenvalue weighted by molar-refractivity contribution is 1.09. The van der Waals surface area contributed by atoms with Crippen molar-refractivity contribution in [2.24, 2.45) is 0 Å². The van der Waals surface area contributed by atoms with Gasteiger partial charge in [-0.2, -0.15) is 15.0 Å². The third kappa shape index (κ3) is 2.23. The third-order valence-corrected chi connectivity index (χ3v) is 3.06. The molecule has 0 radical (unpaired) electrons. The van der Waals surface area contributed by atoms with Gasteiger partial charge >= 0.3 is 0 Å². The molecule has 0 amide bonds. The zero-order valence-electron chi connectivity index (χ0n) is 7.98. The summed E-state index contributed by atoms with van der Waals surface area (Å²) < 4.78 is 0.754. The van der Waals surface area contributed by atoms with Crippen LogP contribution in [-0.2, 0) is 0 Å². The number of nitrogens with zero attached hydrogens (tertiary/aromatic N) is 3. The molecule has 0 spiro atoms. The smallest absolute Gasteiger partial charge is 0.225 e. The zero-order valence-corrected chi connectivity index (χ0v) is 10.3. The van der Waals surface area contributed by atoms with Crippen LogP contribution < -0.4 is 11.5 Å². The van der Waals surface area contributed by atoms with E-state index in [0.29, 0.717) is 10.8 Å². The number of hydrogen-bond donors (Lipinski definition) is 2. The summed E-state index contributed by atoms with van der Waals surface area (Å²) in [6, 6.07) is 5.30. The largest absolute Gasteiger partial charge is 0.368 e. The van der Waals surface area contributed by atoms with Crippen LogP contribution in [0.4, 0.5) is 11.9 Å². The molecule has 7 heteroatoms. The maximum Gasteiger partial charge on any atom is 0.225 e. The Bertz CT molecular complexity index is 525. The molecule has 0 unspecified atom stereocenters. The molecule has 0 fully saturated rings. The standard InChI is InChI=1S/C9H7BrClN5/c10-5-3-4(1-2-6(5)11)7-14-8(12)16-9(13)15-7/h1-3H,(H4,12,13,14,15,16). The molecule has 0 bridgehead atoms. The van der Waals surface area contributed by atoms with Crippen LogP contribution in [0.15, 0.2) is 22.7 Å². The van der Waals surface area contributed by atoms with Gasteiger partial charge in [0.05, 0.1) is 5.02 Å². The normalized spacial score (nSPS) is 10.4. The maximum atomic E-state index is 5.88. The predicted octanol–water partition coefficient (Wildman–Crippen LogP) is 2.12. The van der Waals surface area contributed by atoms with Crippen LogP contribution in [0.1, 0.15) is 0 Å². The average Bonchev–Trinajstić information content (AvgIpc) is 2.20. The molecule has 1 aromatic carbocycles. The van der Waals surface area contributed by atoms with Crippen LogP contribution in [0.25, 0.3) is 11.4 Å². The van der Waals surface area contributed by atoms with Gasteiger partial charge in [-0.3, -0.25) is 0 Å². The molecule has 1 heterocycles. The number of nitrogens with two attached hydrogens (primary N) is 2. The van der Waals surface area contributed by atoms with Crippen molar-refractivity contribution in [3.05, 3.63) is 27.7 Å². The Morgan fingerprint density at radius 1 is 1.06 bits per heavy atom. The van der Waals surface area contributed by atoms with Crippen molar-refractivity contribution in [1.29, 1.82) is 0 Å². The summed E-state index contributed by atoms with van der Waals surface area (Å²) in [5.74, 6) is 0.601. The Balaban J connectivity index is 2.54. The molecule has 0 aliphatic carbocycles. The number of aromatic nitrogens is 3. The van der Waals surface area contributed by atoms with Crippen molar-refractivity contribution in [2.45, 2.75) is 0 Å². The van der Waals surface area contributed by atoms with Crippen LogP contribution in [0.3, 0.4) is 0 Å². The lowest BCUT2D eigenvalue weighted by Gasteiger charge is -2.03. The highest BCUT2D eigenvalue weighted by Gasteiger charge is 2.06. The van der Waals surface area contributed by atoms with Gasteiger partial charge in [-0.25, -0.2) is 0 Å². The van der Waals surface area contributed by atoms with Crippen LogP contribution in [0.2, 0.25) is 5.02 Å². The highest BCUT2D eigenvalue weighted by atomic mass is 79.9. The first kappa shape index (κ1) is 11.1. The number of benzene rings is 1. The van der Waals surface area contributed by atoms with Crippen molar-refractivity contribution >= 4 is 39.4 Å². The Morgan fingerprint density at radius 2 is 1.69 bits per heavy atom. The molecule has 4 N–H and O–H groups in total. The first-order valence-corrected chi connectivity index (χ1v) is 5.46.